The quantitative estimate of drug-likeness (QED) is 0.566. The summed E-state index contributed by atoms with van der Waals surface area (Å²) in [4.78, 5) is 4.29. The summed E-state index contributed by atoms with van der Waals surface area (Å²) in [6.07, 6.45) is 0.747. The van der Waals surface area contributed by atoms with Gasteiger partial charge < -0.3 is 4.74 Å². The Bertz CT molecular complexity index is 362. The van der Waals surface area contributed by atoms with Crippen molar-refractivity contribution in [3.63, 3.8) is 0 Å². The number of thiophene rings is 1. The number of hydrogen-bond donors (Lipinski definition) is 0. The molecule has 1 aromatic rings. The molecule has 0 aliphatic heterocycles. The molecule has 74 valence electrons. The predicted molar refractivity (Wildman–Crippen MR) is 58.0 cm³/mol. The molecule has 0 amide bonds. The van der Waals surface area contributed by atoms with Gasteiger partial charge >= 0.3 is 0 Å². The molecule has 3 nitrogen and oxygen atoms in total. The summed E-state index contributed by atoms with van der Waals surface area (Å²) in [7, 11) is 0. The molecule has 0 unspecified atom stereocenters. The minimum atomic E-state index is 0.611. The molecule has 0 atom stereocenters. The fourth-order valence-corrected chi connectivity index (χ4v) is 1.69. The monoisotopic (exact) mass is 208 g/mol. The highest BCUT2D eigenvalue weighted by molar-refractivity contribution is 7.14. The van der Waals surface area contributed by atoms with E-state index < -0.39 is 0 Å². The average molecular weight is 208 g/mol. The first kappa shape index (κ1) is 10.7. The Kier molecular flexibility index (Phi) is 4.14. The van der Waals surface area contributed by atoms with Gasteiger partial charge in [-0.05, 0) is 18.4 Å². The lowest BCUT2D eigenvalue weighted by Crippen LogP contribution is -2.01. The summed E-state index contributed by atoms with van der Waals surface area (Å²) >= 11 is 1.45. The first-order chi connectivity index (χ1) is 6.81. The predicted octanol–water partition coefficient (Wildman–Crippen LogP) is 3.10. The molecule has 1 heterocycles. The van der Waals surface area contributed by atoms with Crippen LogP contribution in [0.5, 0.6) is 0 Å². The Morgan fingerprint density at radius 1 is 1.64 bits per heavy atom. The van der Waals surface area contributed by atoms with Gasteiger partial charge in [0.2, 0.25) is 0 Å². The van der Waals surface area contributed by atoms with Gasteiger partial charge in [-0.15, -0.1) is 11.3 Å². The highest BCUT2D eigenvalue weighted by atomic mass is 32.1. The minimum Gasteiger partial charge on any atom is -0.481 e. The van der Waals surface area contributed by atoms with Gasteiger partial charge in [-0.3, -0.25) is 0 Å². The van der Waals surface area contributed by atoms with E-state index in [4.69, 9.17) is 10.00 Å². The van der Waals surface area contributed by atoms with E-state index in [1.54, 1.807) is 6.07 Å². The molecule has 0 aromatic carbocycles. The first-order valence-electron chi connectivity index (χ1n) is 4.49. The Balaban J connectivity index is 2.89. The molecule has 0 radical (unpaired) electrons. The standard InChI is InChI=1S/C10H12N2OS/c1-3-9(13-4-2)12-10-8(7-11)5-6-14-10/h5-6H,3-4H2,1-2H3/b12-9+. The van der Waals surface area contributed by atoms with E-state index in [1.165, 1.54) is 11.3 Å². The number of nitrogens with zero attached hydrogens (tertiary/aromatic N) is 2. The van der Waals surface area contributed by atoms with Crippen molar-refractivity contribution in [2.75, 3.05) is 6.61 Å². The molecule has 0 saturated heterocycles. The smallest absolute Gasteiger partial charge is 0.188 e. The van der Waals surface area contributed by atoms with E-state index in [1.807, 2.05) is 19.2 Å². The van der Waals surface area contributed by atoms with Gasteiger partial charge in [0.1, 0.15) is 11.1 Å². The second-order valence-corrected chi connectivity index (χ2v) is 3.44. The van der Waals surface area contributed by atoms with Crippen LogP contribution in [0.2, 0.25) is 0 Å². The SMILES string of the molecule is CCO/C(CC)=N/c1sccc1C#N. The second-order valence-electron chi connectivity index (χ2n) is 2.54. The van der Waals surface area contributed by atoms with Gasteiger partial charge in [-0.2, -0.15) is 5.26 Å². The molecule has 4 heteroatoms. The van der Waals surface area contributed by atoms with E-state index in [-0.39, 0.29) is 0 Å². The van der Waals surface area contributed by atoms with Crippen molar-refractivity contribution in [1.29, 1.82) is 5.26 Å². The van der Waals surface area contributed by atoms with E-state index in [2.05, 4.69) is 11.1 Å². The molecule has 0 saturated carbocycles. The third kappa shape index (κ3) is 2.57. The highest BCUT2D eigenvalue weighted by Crippen LogP contribution is 2.26. The summed E-state index contributed by atoms with van der Waals surface area (Å²) in [5, 5.41) is 11.4. The summed E-state index contributed by atoms with van der Waals surface area (Å²) in [5.74, 6) is 0.687. The lowest BCUT2D eigenvalue weighted by Gasteiger charge is -2.02. The number of hydrogen-bond acceptors (Lipinski definition) is 4. The van der Waals surface area contributed by atoms with Gasteiger partial charge in [0.15, 0.2) is 5.90 Å². The molecule has 0 bridgehead atoms. The maximum atomic E-state index is 8.77. The van der Waals surface area contributed by atoms with Crippen LogP contribution in [0, 0.1) is 11.3 Å². The van der Waals surface area contributed by atoms with Crippen LogP contribution in [0.25, 0.3) is 0 Å². The summed E-state index contributed by atoms with van der Waals surface area (Å²) in [6.45, 7) is 4.51. The minimum absolute atomic E-state index is 0.611. The van der Waals surface area contributed by atoms with E-state index in [0.29, 0.717) is 18.1 Å². The van der Waals surface area contributed by atoms with Crippen LogP contribution in [0.4, 0.5) is 5.00 Å². The largest absolute Gasteiger partial charge is 0.481 e. The third-order valence-corrected chi connectivity index (χ3v) is 2.41. The van der Waals surface area contributed by atoms with Gasteiger partial charge in [-0.1, -0.05) is 6.92 Å². The number of rotatable bonds is 3. The molecular weight excluding hydrogens is 196 g/mol. The van der Waals surface area contributed by atoms with E-state index >= 15 is 0 Å². The van der Waals surface area contributed by atoms with E-state index in [0.717, 1.165) is 11.4 Å². The number of nitriles is 1. The van der Waals surface area contributed by atoms with Gasteiger partial charge in [0, 0.05) is 6.42 Å². The maximum absolute atomic E-state index is 8.77. The van der Waals surface area contributed by atoms with Crippen LogP contribution >= 0.6 is 11.3 Å². The topological polar surface area (TPSA) is 45.4 Å². The average Bonchev–Trinajstić information content (AvgIpc) is 2.64. The summed E-state index contributed by atoms with van der Waals surface area (Å²) in [5.41, 5.74) is 0.612. The summed E-state index contributed by atoms with van der Waals surface area (Å²) < 4.78 is 5.31. The molecule has 0 N–H and O–H groups in total. The first-order valence-corrected chi connectivity index (χ1v) is 5.37. The molecule has 0 aliphatic carbocycles. The molecule has 1 aromatic heterocycles. The van der Waals surface area contributed by atoms with Crippen molar-refractivity contribution in [3.05, 3.63) is 17.0 Å². The molecule has 0 fully saturated rings. The van der Waals surface area contributed by atoms with Gasteiger partial charge in [0.25, 0.3) is 0 Å². The highest BCUT2D eigenvalue weighted by Gasteiger charge is 2.03. The van der Waals surface area contributed by atoms with Crippen molar-refractivity contribution < 1.29 is 4.74 Å². The van der Waals surface area contributed by atoms with Crippen molar-refractivity contribution in [1.82, 2.24) is 0 Å². The van der Waals surface area contributed by atoms with Crippen LogP contribution in [-0.2, 0) is 4.74 Å². The molecule has 1 rings (SSSR count). The second kappa shape index (κ2) is 5.40. The Morgan fingerprint density at radius 3 is 3.00 bits per heavy atom. The van der Waals surface area contributed by atoms with E-state index in [9.17, 15) is 0 Å². The van der Waals surface area contributed by atoms with Crippen molar-refractivity contribution in [2.24, 2.45) is 4.99 Å². The number of ether oxygens (including phenoxy) is 1. The Morgan fingerprint density at radius 2 is 2.43 bits per heavy atom. The maximum Gasteiger partial charge on any atom is 0.188 e. The zero-order valence-corrected chi connectivity index (χ0v) is 9.10. The van der Waals surface area contributed by atoms with Crippen LogP contribution in [0.1, 0.15) is 25.8 Å². The number of aliphatic imine (C=N–C) groups is 1. The van der Waals surface area contributed by atoms with Crippen LogP contribution in [-0.4, -0.2) is 12.5 Å². The molecular formula is C10H12N2OS. The van der Waals surface area contributed by atoms with Crippen LogP contribution in [0.15, 0.2) is 16.4 Å². The lowest BCUT2D eigenvalue weighted by atomic mass is 10.3. The fraction of sp³-hybridized carbons (Fsp3) is 0.400. The fourth-order valence-electron chi connectivity index (χ4n) is 0.966. The molecule has 0 aliphatic rings. The Hall–Kier alpha value is -1.34. The van der Waals surface area contributed by atoms with Crippen LogP contribution in [0.3, 0.4) is 0 Å². The zero-order valence-electron chi connectivity index (χ0n) is 8.28. The molecule has 14 heavy (non-hydrogen) atoms. The van der Waals surface area contributed by atoms with Gasteiger partial charge in [0.05, 0.1) is 12.2 Å². The van der Waals surface area contributed by atoms with Crippen molar-refractivity contribution >= 4 is 22.2 Å². The lowest BCUT2D eigenvalue weighted by molar-refractivity contribution is 0.319. The van der Waals surface area contributed by atoms with Crippen LogP contribution < -0.4 is 0 Å². The van der Waals surface area contributed by atoms with Crippen molar-refractivity contribution in [3.8, 4) is 6.07 Å². The normalized spacial score (nSPS) is 11.1. The third-order valence-electron chi connectivity index (χ3n) is 1.60. The van der Waals surface area contributed by atoms with Gasteiger partial charge in [-0.25, -0.2) is 4.99 Å². The zero-order chi connectivity index (χ0) is 10.4. The summed E-state index contributed by atoms with van der Waals surface area (Å²) in [6, 6.07) is 3.86. The molecule has 0 spiro atoms. The Labute approximate surface area is 87.7 Å². The van der Waals surface area contributed by atoms with Crippen molar-refractivity contribution in [2.45, 2.75) is 20.3 Å².